The van der Waals surface area contributed by atoms with Crippen LogP contribution in [-0.4, -0.2) is 10.7 Å². The van der Waals surface area contributed by atoms with Crippen LogP contribution in [0.5, 0.6) is 0 Å². The van der Waals surface area contributed by atoms with E-state index in [1.807, 2.05) is 0 Å². The maximum atomic E-state index is 10.7. The number of rotatable bonds is 8. The summed E-state index contributed by atoms with van der Waals surface area (Å²) < 4.78 is 0. The summed E-state index contributed by atoms with van der Waals surface area (Å²) in [5, 5.41) is 10.7. The Morgan fingerprint density at radius 1 is 0.889 bits per heavy atom. The molecule has 0 bridgehead atoms. The summed E-state index contributed by atoms with van der Waals surface area (Å²) in [5.41, 5.74) is -0.333. The second kappa shape index (κ2) is 8.19. The van der Waals surface area contributed by atoms with Crippen LogP contribution in [-0.2, 0) is 0 Å². The fourth-order valence-corrected chi connectivity index (χ4v) is 3.85. The van der Waals surface area contributed by atoms with Crippen LogP contribution in [0.15, 0.2) is 0 Å². The standard InChI is InChI=1S/C17H34O/c1-4-5-6-7-8-9-10-11-17(18)13-15(2)12-16(3)14-17/h15-16,18H,4-14H2,1-3H3. The molecule has 0 aromatic heterocycles. The fraction of sp³-hybridized carbons (Fsp3) is 1.00. The lowest BCUT2D eigenvalue weighted by atomic mass is 9.72. The smallest absolute Gasteiger partial charge is 0.0652 e. The van der Waals surface area contributed by atoms with Gasteiger partial charge >= 0.3 is 0 Å². The van der Waals surface area contributed by atoms with Crippen LogP contribution in [0.1, 0.15) is 91.4 Å². The number of hydrogen-bond donors (Lipinski definition) is 1. The zero-order valence-electron chi connectivity index (χ0n) is 12.9. The second-order valence-corrected chi connectivity index (χ2v) is 6.95. The minimum absolute atomic E-state index is 0.333. The van der Waals surface area contributed by atoms with E-state index in [1.54, 1.807) is 0 Å². The van der Waals surface area contributed by atoms with Gasteiger partial charge in [-0.25, -0.2) is 0 Å². The van der Waals surface area contributed by atoms with Crippen molar-refractivity contribution in [3.05, 3.63) is 0 Å². The van der Waals surface area contributed by atoms with Crippen LogP contribution in [0.4, 0.5) is 0 Å². The van der Waals surface area contributed by atoms with E-state index in [9.17, 15) is 5.11 Å². The Morgan fingerprint density at radius 2 is 1.39 bits per heavy atom. The third-order valence-electron chi connectivity index (χ3n) is 4.51. The van der Waals surface area contributed by atoms with E-state index in [-0.39, 0.29) is 5.60 Å². The molecule has 1 saturated carbocycles. The van der Waals surface area contributed by atoms with Gasteiger partial charge in [0.15, 0.2) is 0 Å². The molecule has 1 N–H and O–H groups in total. The second-order valence-electron chi connectivity index (χ2n) is 6.95. The number of hydrogen-bond acceptors (Lipinski definition) is 1. The molecule has 0 aromatic carbocycles. The highest BCUT2D eigenvalue weighted by molar-refractivity contribution is 4.87. The Hall–Kier alpha value is -0.0400. The first-order valence-corrected chi connectivity index (χ1v) is 8.28. The maximum Gasteiger partial charge on any atom is 0.0652 e. The molecule has 18 heavy (non-hydrogen) atoms. The highest BCUT2D eigenvalue weighted by Crippen LogP contribution is 2.38. The third kappa shape index (κ3) is 6.22. The minimum atomic E-state index is -0.333. The molecule has 108 valence electrons. The van der Waals surface area contributed by atoms with E-state index >= 15 is 0 Å². The van der Waals surface area contributed by atoms with Crippen LogP contribution in [0.3, 0.4) is 0 Å². The van der Waals surface area contributed by atoms with Gasteiger partial charge in [0, 0.05) is 0 Å². The molecule has 2 atom stereocenters. The van der Waals surface area contributed by atoms with Crippen LogP contribution >= 0.6 is 0 Å². The number of unbranched alkanes of at least 4 members (excludes halogenated alkanes) is 6. The van der Waals surface area contributed by atoms with Gasteiger partial charge < -0.3 is 5.11 Å². The molecule has 1 fully saturated rings. The molecular formula is C17H34O. The van der Waals surface area contributed by atoms with E-state index in [2.05, 4.69) is 20.8 Å². The summed E-state index contributed by atoms with van der Waals surface area (Å²) >= 11 is 0. The van der Waals surface area contributed by atoms with E-state index < -0.39 is 0 Å². The molecule has 1 rings (SSSR count). The van der Waals surface area contributed by atoms with Crippen LogP contribution in [0, 0.1) is 11.8 Å². The predicted octanol–water partition coefficient (Wildman–Crippen LogP) is 5.31. The largest absolute Gasteiger partial charge is 0.390 e. The van der Waals surface area contributed by atoms with Gasteiger partial charge in [0.05, 0.1) is 5.60 Å². The number of aliphatic hydroxyl groups is 1. The summed E-state index contributed by atoms with van der Waals surface area (Å²) in [6.45, 7) is 6.86. The highest BCUT2D eigenvalue weighted by Gasteiger charge is 2.35. The Kier molecular flexibility index (Phi) is 7.29. The first-order valence-electron chi connectivity index (χ1n) is 8.28. The first-order chi connectivity index (χ1) is 8.56. The van der Waals surface area contributed by atoms with Crippen molar-refractivity contribution in [3.8, 4) is 0 Å². The molecular weight excluding hydrogens is 220 g/mol. The molecule has 0 spiro atoms. The molecule has 0 radical (unpaired) electrons. The lowest BCUT2D eigenvalue weighted by Gasteiger charge is -2.39. The average Bonchev–Trinajstić information content (AvgIpc) is 2.26. The summed E-state index contributed by atoms with van der Waals surface area (Å²) in [6.07, 6.45) is 13.8. The van der Waals surface area contributed by atoms with Gasteiger partial charge in [-0.05, 0) is 37.5 Å². The van der Waals surface area contributed by atoms with Gasteiger partial charge in [0.2, 0.25) is 0 Å². The maximum absolute atomic E-state index is 10.7. The van der Waals surface area contributed by atoms with E-state index in [0.717, 1.165) is 19.3 Å². The zero-order valence-corrected chi connectivity index (χ0v) is 12.9. The van der Waals surface area contributed by atoms with Gasteiger partial charge in [-0.15, -0.1) is 0 Å². The summed E-state index contributed by atoms with van der Waals surface area (Å²) in [7, 11) is 0. The summed E-state index contributed by atoms with van der Waals surface area (Å²) in [5.74, 6) is 1.42. The van der Waals surface area contributed by atoms with Crippen molar-refractivity contribution in [2.75, 3.05) is 0 Å². The van der Waals surface area contributed by atoms with E-state index in [0.29, 0.717) is 11.8 Å². The monoisotopic (exact) mass is 254 g/mol. The van der Waals surface area contributed by atoms with Crippen molar-refractivity contribution in [2.24, 2.45) is 11.8 Å². The van der Waals surface area contributed by atoms with Crippen LogP contribution in [0.2, 0.25) is 0 Å². The first kappa shape index (κ1) is 16.0. The lowest BCUT2D eigenvalue weighted by Crippen LogP contribution is -2.37. The fourth-order valence-electron chi connectivity index (χ4n) is 3.85. The molecule has 1 aliphatic carbocycles. The lowest BCUT2D eigenvalue weighted by molar-refractivity contribution is -0.0392. The topological polar surface area (TPSA) is 20.2 Å². The molecule has 1 aliphatic rings. The van der Waals surface area contributed by atoms with E-state index in [1.165, 1.54) is 51.4 Å². The highest BCUT2D eigenvalue weighted by atomic mass is 16.3. The van der Waals surface area contributed by atoms with Gasteiger partial charge in [-0.3, -0.25) is 0 Å². The molecule has 0 saturated heterocycles. The SMILES string of the molecule is CCCCCCCCCC1(O)CC(C)CC(C)C1. The molecule has 0 aliphatic heterocycles. The molecule has 0 amide bonds. The summed E-state index contributed by atoms with van der Waals surface area (Å²) in [4.78, 5) is 0. The van der Waals surface area contributed by atoms with Crippen LogP contribution in [0.25, 0.3) is 0 Å². The Balaban J connectivity index is 2.10. The van der Waals surface area contributed by atoms with E-state index in [4.69, 9.17) is 0 Å². The molecule has 1 nitrogen and oxygen atoms in total. The molecule has 0 aromatic rings. The van der Waals surface area contributed by atoms with Crippen LogP contribution < -0.4 is 0 Å². The zero-order chi connectivity index (χ0) is 13.4. The van der Waals surface area contributed by atoms with Gasteiger partial charge in [0.25, 0.3) is 0 Å². The normalized spacial score (nSPS) is 32.7. The third-order valence-corrected chi connectivity index (χ3v) is 4.51. The van der Waals surface area contributed by atoms with Gasteiger partial charge in [-0.1, -0.05) is 65.7 Å². The predicted molar refractivity (Wildman–Crippen MR) is 79.7 cm³/mol. The van der Waals surface area contributed by atoms with Crippen molar-refractivity contribution in [3.63, 3.8) is 0 Å². The van der Waals surface area contributed by atoms with Crippen molar-refractivity contribution < 1.29 is 5.11 Å². The average molecular weight is 254 g/mol. The van der Waals surface area contributed by atoms with Crippen molar-refractivity contribution in [1.29, 1.82) is 0 Å². The Bertz CT molecular complexity index is 202. The molecule has 0 heterocycles. The Labute approximate surface area is 114 Å². The van der Waals surface area contributed by atoms with Crippen molar-refractivity contribution >= 4 is 0 Å². The molecule has 2 unspecified atom stereocenters. The van der Waals surface area contributed by atoms with Gasteiger partial charge in [-0.2, -0.15) is 0 Å². The minimum Gasteiger partial charge on any atom is -0.390 e. The Morgan fingerprint density at radius 3 is 1.94 bits per heavy atom. The summed E-state index contributed by atoms with van der Waals surface area (Å²) in [6, 6.07) is 0. The van der Waals surface area contributed by atoms with Gasteiger partial charge in [0.1, 0.15) is 0 Å². The van der Waals surface area contributed by atoms with Crippen molar-refractivity contribution in [1.82, 2.24) is 0 Å². The van der Waals surface area contributed by atoms with Crippen molar-refractivity contribution in [2.45, 2.75) is 97.0 Å². The quantitative estimate of drug-likeness (QED) is 0.582. The molecule has 1 heteroatoms.